The Morgan fingerprint density at radius 1 is 1.06 bits per heavy atom. The molecule has 174 valence electrons. The summed E-state index contributed by atoms with van der Waals surface area (Å²) in [6, 6.07) is 15.9. The third kappa shape index (κ3) is 7.05. The van der Waals surface area contributed by atoms with Crippen LogP contribution >= 0.6 is 11.8 Å². The fraction of sp³-hybridized carbons (Fsp3) is 0.250. The topological polar surface area (TPSA) is 97.4 Å². The van der Waals surface area contributed by atoms with Crippen LogP contribution in [-0.4, -0.2) is 39.6 Å². The average Bonchev–Trinajstić information content (AvgIpc) is 2.80. The van der Waals surface area contributed by atoms with E-state index in [1.165, 1.54) is 11.8 Å². The van der Waals surface area contributed by atoms with Crippen LogP contribution in [0.5, 0.6) is 0 Å². The lowest BCUT2D eigenvalue weighted by Crippen LogP contribution is -2.25. The van der Waals surface area contributed by atoms with E-state index in [9.17, 15) is 13.2 Å². The first-order valence-electron chi connectivity index (χ1n) is 10.4. The molecule has 0 bridgehead atoms. The Bertz CT molecular complexity index is 1200. The molecular weight excluding hydrogens is 458 g/mol. The highest BCUT2D eigenvalue weighted by Gasteiger charge is 2.17. The number of carbonyl (C=O) groups is 1. The fourth-order valence-corrected chi connectivity index (χ4v) is 5.16. The van der Waals surface area contributed by atoms with Gasteiger partial charge in [0.15, 0.2) is 0 Å². The van der Waals surface area contributed by atoms with Crippen LogP contribution in [0.25, 0.3) is 0 Å². The number of amides is 1. The highest BCUT2D eigenvalue weighted by atomic mass is 32.2. The number of nitrogens with zero attached hydrogens (tertiary/aromatic N) is 1. The monoisotopic (exact) mass is 485 g/mol. The van der Waals surface area contributed by atoms with Crippen molar-refractivity contribution in [3.05, 3.63) is 77.5 Å². The number of pyridine rings is 1. The highest BCUT2D eigenvalue weighted by Crippen LogP contribution is 2.28. The van der Waals surface area contributed by atoms with E-state index < -0.39 is 10.0 Å². The lowest BCUT2D eigenvalue weighted by atomic mass is 10.2. The molecule has 0 saturated heterocycles. The second-order valence-electron chi connectivity index (χ2n) is 7.49. The summed E-state index contributed by atoms with van der Waals surface area (Å²) in [5.74, 6) is -0.171. The maximum Gasteiger partial charge on any atom is 0.262 e. The number of sulfonamides is 1. The number of anilines is 1. The van der Waals surface area contributed by atoms with Crippen molar-refractivity contribution >= 4 is 33.4 Å². The van der Waals surface area contributed by atoms with Crippen molar-refractivity contribution in [2.75, 3.05) is 25.0 Å². The second-order valence-corrected chi connectivity index (χ2v) is 10.2. The molecule has 0 fully saturated rings. The minimum Gasteiger partial charge on any atom is -0.385 e. The molecule has 9 heteroatoms. The van der Waals surface area contributed by atoms with Gasteiger partial charge in [-0.2, -0.15) is 0 Å². The number of benzene rings is 2. The van der Waals surface area contributed by atoms with Crippen LogP contribution in [0.15, 0.2) is 75.6 Å². The molecule has 2 N–H and O–H groups in total. The van der Waals surface area contributed by atoms with E-state index in [4.69, 9.17) is 4.74 Å². The van der Waals surface area contributed by atoms with E-state index in [1.807, 2.05) is 25.1 Å². The molecule has 0 aliphatic rings. The van der Waals surface area contributed by atoms with Gasteiger partial charge in [0.05, 0.1) is 10.5 Å². The second kappa shape index (κ2) is 11.3. The van der Waals surface area contributed by atoms with Gasteiger partial charge in [-0.1, -0.05) is 23.9 Å². The number of aromatic nitrogens is 1. The molecule has 0 spiro atoms. The first-order chi connectivity index (χ1) is 15.8. The Morgan fingerprint density at radius 3 is 2.48 bits per heavy atom. The molecule has 1 aromatic heterocycles. The Morgan fingerprint density at radius 2 is 1.82 bits per heavy atom. The number of ether oxygens (including phenoxy) is 1. The molecule has 0 atom stereocenters. The lowest BCUT2D eigenvalue weighted by molar-refractivity contribution is 0.0948. The number of methoxy groups -OCH3 is 1. The summed E-state index contributed by atoms with van der Waals surface area (Å²) >= 11 is 1.42. The molecule has 7 nitrogen and oxygen atoms in total. The van der Waals surface area contributed by atoms with Gasteiger partial charge < -0.3 is 10.1 Å². The van der Waals surface area contributed by atoms with E-state index in [-0.39, 0.29) is 10.8 Å². The van der Waals surface area contributed by atoms with Gasteiger partial charge in [-0.3, -0.25) is 9.52 Å². The minimum absolute atomic E-state index is 0.171. The molecule has 0 radical (unpaired) electrons. The van der Waals surface area contributed by atoms with Gasteiger partial charge in [-0.05, 0) is 73.9 Å². The summed E-state index contributed by atoms with van der Waals surface area (Å²) in [4.78, 5) is 17.6. The summed E-state index contributed by atoms with van der Waals surface area (Å²) < 4.78 is 33.1. The van der Waals surface area contributed by atoms with E-state index in [0.29, 0.717) is 30.0 Å². The molecule has 2 aromatic carbocycles. The van der Waals surface area contributed by atoms with Gasteiger partial charge in [0.2, 0.25) is 0 Å². The van der Waals surface area contributed by atoms with Crippen molar-refractivity contribution in [1.82, 2.24) is 10.3 Å². The van der Waals surface area contributed by atoms with E-state index >= 15 is 0 Å². The van der Waals surface area contributed by atoms with E-state index in [0.717, 1.165) is 21.9 Å². The zero-order chi connectivity index (χ0) is 23.8. The van der Waals surface area contributed by atoms with Crippen LogP contribution in [0, 0.1) is 13.8 Å². The summed E-state index contributed by atoms with van der Waals surface area (Å²) in [5, 5.41) is 3.56. The zero-order valence-electron chi connectivity index (χ0n) is 18.8. The molecule has 0 aliphatic carbocycles. The van der Waals surface area contributed by atoms with E-state index in [2.05, 4.69) is 15.0 Å². The number of aryl methyl sites for hydroxylation is 2. The minimum atomic E-state index is -3.68. The van der Waals surface area contributed by atoms with Gasteiger partial charge in [0.1, 0.15) is 5.03 Å². The molecule has 1 amide bonds. The summed E-state index contributed by atoms with van der Waals surface area (Å²) in [6.45, 7) is 4.78. The number of nitrogens with one attached hydrogen (secondary N) is 2. The van der Waals surface area contributed by atoms with Gasteiger partial charge in [-0.25, -0.2) is 13.4 Å². The molecule has 33 heavy (non-hydrogen) atoms. The zero-order valence-corrected chi connectivity index (χ0v) is 20.4. The molecule has 1 heterocycles. The Labute approximate surface area is 199 Å². The highest BCUT2D eigenvalue weighted by molar-refractivity contribution is 7.99. The van der Waals surface area contributed by atoms with Gasteiger partial charge in [0, 0.05) is 37.0 Å². The Balaban J connectivity index is 1.60. The molecule has 3 aromatic rings. The summed E-state index contributed by atoms with van der Waals surface area (Å²) in [6.07, 6.45) is 2.29. The van der Waals surface area contributed by atoms with Crippen molar-refractivity contribution in [3.8, 4) is 0 Å². The van der Waals surface area contributed by atoms with Crippen LogP contribution in [0.3, 0.4) is 0 Å². The average molecular weight is 486 g/mol. The van der Waals surface area contributed by atoms with Crippen molar-refractivity contribution in [2.24, 2.45) is 0 Å². The van der Waals surface area contributed by atoms with Gasteiger partial charge >= 0.3 is 0 Å². The molecule has 0 saturated carbocycles. The quantitative estimate of drug-likeness (QED) is 0.413. The summed E-state index contributed by atoms with van der Waals surface area (Å²) in [5.41, 5.74) is 2.55. The largest absolute Gasteiger partial charge is 0.385 e. The smallest absolute Gasteiger partial charge is 0.262 e. The molecule has 0 aliphatic heterocycles. The fourth-order valence-electron chi connectivity index (χ4n) is 3.01. The van der Waals surface area contributed by atoms with Crippen molar-refractivity contribution < 1.29 is 17.9 Å². The van der Waals surface area contributed by atoms with Crippen molar-refractivity contribution in [3.63, 3.8) is 0 Å². The Kier molecular flexibility index (Phi) is 8.49. The predicted molar refractivity (Wildman–Crippen MR) is 130 cm³/mol. The van der Waals surface area contributed by atoms with Crippen molar-refractivity contribution in [2.45, 2.75) is 35.1 Å². The van der Waals surface area contributed by atoms with Crippen LogP contribution in [0.4, 0.5) is 5.69 Å². The number of rotatable bonds is 10. The normalized spacial score (nSPS) is 11.2. The third-order valence-electron chi connectivity index (χ3n) is 4.77. The van der Waals surface area contributed by atoms with Crippen LogP contribution in [0.2, 0.25) is 0 Å². The number of carbonyl (C=O) groups excluding carboxylic acids is 1. The molecule has 0 unspecified atom stereocenters. The first kappa shape index (κ1) is 24.8. The van der Waals surface area contributed by atoms with Crippen LogP contribution < -0.4 is 10.0 Å². The maximum absolute atomic E-state index is 12.8. The first-order valence-corrected chi connectivity index (χ1v) is 12.7. The molecule has 3 rings (SSSR count). The van der Waals surface area contributed by atoms with Crippen LogP contribution in [0.1, 0.15) is 27.9 Å². The Hall–Kier alpha value is -2.88. The maximum atomic E-state index is 12.8. The van der Waals surface area contributed by atoms with Crippen LogP contribution in [-0.2, 0) is 14.8 Å². The van der Waals surface area contributed by atoms with E-state index in [1.54, 1.807) is 56.6 Å². The number of hydrogen-bond donors (Lipinski definition) is 2. The summed E-state index contributed by atoms with van der Waals surface area (Å²) in [7, 11) is -2.05. The predicted octanol–water partition coefficient (Wildman–Crippen LogP) is 4.42. The SMILES string of the molecule is COCCCNC(=O)c1ccc(Sc2ccc(NS(=O)(=O)c3cc(C)ccc3C)cc2)nc1. The third-order valence-corrected chi connectivity index (χ3v) is 7.25. The lowest BCUT2D eigenvalue weighted by Gasteiger charge is -2.11. The number of hydrogen-bond acceptors (Lipinski definition) is 6. The van der Waals surface area contributed by atoms with Gasteiger partial charge in [-0.15, -0.1) is 0 Å². The molecular formula is C24H27N3O4S2. The standard InChI is InChI=1S/C24H27N3O4S2/c1-17-5-6-18(2)22(15-17)33(29,30)27-20-8-10-21(11-9-20)32-23-12-7-19(16-26-23)24(28)25-13-4-14-31-3/h5-12,15-16,27H,4,13-14H2,1-3H3,(H,25,28). The van der Waals surface area contributed by atoms with Crippen molar-refractivity contribution in [1.29, 1.82) is 0 Å². The van der Waals surface area contributed by atoms with Gasteiger partial charge in [0.25, 0.3) is 15.9 Å².